The Morgan fingerprint density at radius 2 is 2.50 bits per heavy atom. The molecule has 14 heavy (non-hydrogen) atoms. The summed E-state index contributed by atoms with van der Waals surface area (Å²) in [5, 5.41) is 6.83. The first kappa shape index (κ1) is 9.46. The zero-order valence-corrected chi connectivity index (χ0v) is 8.59. The Hall–Kier alpha value is -1.09. The molecule has 3 heteroatoms. The Kier molecular flexibility index (Phi) is 2.99. The number of hydrogen-bond acceptors (Lipinski definition) is 3. The van der Waals surface area contributed by atoms with E-state index in [0.717, 1.165) is 18.9 Å². The predicted octanol–water partition coefficient (Wildman–Crippen LogP) is 1.55. The average molecular weight is 191 g/mol. The lowest BCUT2D eigenvalue weighted by Gasteiger charge is -2.24. The highest BCUT2D eigenvalue weighted by Crippen LogP contribution is 2.10. The van der Waals surface area contributed by atoms with E-state index in [0.29, 0.717) is 6.04 Å². The molecule has 2 rings (SSSR count). The summed E-state index contributed by atoms with van der Waals surface area (Å²) in [4.78, 5) is 4.29. The van der Waals surface area contributed by atoms with Gasteiger partial charge >= 0.3 is 0 Å². The van der Waals surface area contributed by atoms with E-state index in [1.165, 1.54) is 18.4 Å². The summed E-state index contributed by atoms with van der Waals surface area (Å²) in [6.07, 6.45) is 4.35. The average Bonchev–Trinajstić information content (AvgIpc) is 2.19. The molecule has 0 saturated carbocycles. The largest absolute Gasteiger partial charge is 0.366 e. The van der Waals surface area contributed by atoms with E-state index in [1.54, 1.807) is 0 Å². The third kappa shape index (κ3) is 2.45. The van der Waals surface area contributed by atoms with E-state index in [-0.39, 0.29) is 0 Å². The number of anilines is 1. The van der Waals surface area contributed by atoms with Crippen molar-refractivity contribution >= 4 is 5.82 Å². The molecule has 1 aromatic rings. The summed E-state index contributed by atoms with van der Waals surface area (Å²) in [5.41, 5.74) is 1.26. The first-order valence-electron chi connectivity index (χ1n) is 5.24. The Balaban J connectivity index is 1.95. The molecule has 1 fully saturated rings. The zero-order chi connectivity index (χ0) is 9.80. The van der Waals surface area contributed by atoms with Gasteiger partial charge in [-0.1, -0.05) is 0 Å². The summed E-state index contributed by atoms with van der Waals surface area (Å²) < 4.78 is 0. The number of pyridine rings is 1. The molecule has 1 aromatic heterocycles. The normalized spacial score (nSPS) is 21.9. The quantitative estimate of drug-likeness (QED) is 0.744. The molecule has 0 bridgehead atoms. The SMILES string of the molecule is Cc1ccnc(NC2CCCNC2)c1. The van der Waals surface area contributed by atoms with Crippen molar-refractivity contribution in [3.8, 4) is 0 Å². The molecule has 0 aromatic carbocycles. The van der Waals surface area contributed by atoms with Gasteiger partial charge in [-0.2, -0.15) is 0 Å². The molecule has 3 nitrogen and oxygen atoms in total. The number of aromatic nitrogens is 1. The smallest absolute Gasteiger partial charge is 0.126 e. The van der Waals surface area contributed by atoms with Crippen molar-refractivity contribution in [2.45, 2.75) is 25.8 Å². The molecule has 0 aliphatic carbocycles. The minimum absolute atomic E-state index is 0.540. The third-order valence-electron chi connectivity index (χ3n) is 2.56. The van der Waals surface area contributed by atoms with Gasteiger partial charge in [0, 0.05) is 18.8 Å². The monoisotopic (exact) mass is 191 g/mol. The summed E-state index contributed by atoms with van der Waals surface area (Å²) in [6.45, 7) is 4.29. The summed E-state index contributed by atoms with van der Waals surface area (Å²) in [7, 11) is 0. The van der Waals surface area contributed by atoms with Crippen LogP contribution in [0.4, 0.5) is 5.82 Å². The van der Waals surface area contributed by atoms with E-state index < -0.39 is 0 Å². The highest BCUT2D eigenvalue weighted by atomic mass is 15.1. The molecule has 1 saturated heterocycles. The first-order valence-corrected chi connectivity index (χ1v) is 5.24. The molecule has 0 amide bonds. The van der Waals surface area contributed by atoms with Crippen molar-refractivity contribution in [3.05, 3.63) is 23.9 Å². The molecule has 76 valence electrons. The molecule has 0 radical (unpaired) electrons. The van der Waals surface area contributed by atoms with Gasteiger partial charge < -0.3 is 10.6 Å². The molecule has 1 unspecified atom stereocenters. The number of rotatable bonds is 2. The molecule has 1 atom stereocenters. The second-order valence-electron chi connectivity index (χ2n) is 3.91. The maximum atomic E-state index is 4.29. The van der Waals surface area contributed by atoms with Crippen LogP contribution in [0, 0.1) is 6.92 Å². The van der Waals surface area contributed by atoms with Gasteiger partial charge in [0.1, 0.15) is 5.82 Å². The van der Waals surface area contributed by atoms with Crippen molar-refractivity contribution in [1.29, 1.82) is 0 Å². The van der Waals surface area contributed by atoms with Crippen LogP contribution in [0.2, 0.25) is 0 Å². The van der Waals surface area contributed by atoms with Gasteiger partial charge in [0.15, 0.2) is 0 Å². The van der Waals surface area contributed by atoms with Gasteiger partial charge in [0.2, 0.25) is 0 Å². The van der Waals surface area contributed by atoms with Crippen LogP contribution in [0.15, 0.2) is 18.3 Å². The molecule has 1 aliphatic heterocycles. The second kappa shape index (κ2) is 4.42. The Morgan fingerprint density at radius 1 is 1.57 bits per heavy atom. The van der Waals surface area contributed by atoms with Gasteiger partial charge in [-0.25, -0.2) is 4.98 Å². The minimum Gasteiger partial charge on any atom is -0.366 e. The van der Waals surface area contributed by atoms with Crippen molar-refractivity contribution in [2.24, 2.45) is 0 Å². The van der Waals surface area contributed by atoms with Crippen LogP contribution < -0.4 is 10.6 Å². The number of piperidine rings is 1. The van der Waals surface area contributed by atoms with Crippen molar-refractivity contribution in [2.75, 3.05) is 18.4 Å². The van der Waals surface area contributed by atoms with Crippen LogP contribution in [0.5, 0.6) is 0 Å². The first-order chi connectivity index (χ1) is 6.84. The van der Waals surface area contributed by atoms with E-state index >= 15 is 0 Å². The highest BCUT2D eigenvalue weighted by Gasteiger charge is 2.12. The number of hydrogen-bond donors (Lipinski definition) is 2. The predicted molar refractivity (Wildman–Crippen MR) is 58.5 cm³/mol. The van der Waals surface area contributed by atoms with Crippen LogP contribution in [0.1, 0.15) is 18.4 Å². The maximum absolute atomic E-state index is 4.29. The lowest BCUT2D eigenvalue weighted by molar-refractivity contribution is 0.479. The van der Waals surface area contributed by atoms with Gasteiger partial charge in [-0.15, -0.1) is 0 Å². The van der Waals surface area contributed by atoms with Gasteiger partial charge in [0.05, 0.1) is 0 Å². The van der Waals surface area contributed by atoms with Crippen LogP contribution in [0.3, 0.4) is 0 Å². The fraction of sp³-hybridized carbons (Fsp3) is 0.545. The van der Waals surface area contributed by atoms with Gasteiger partial charge in [-0.05, 0) is 44.0 Å². The van der Waals surface area contributed by atoms with Crippen molar-refractivity contribution in [1.82, 2.24) is 10.3 Å². The van der Waals surface area contributed by atoms with E-state index in [9.17, 15) is 0 Å². The Morgan fingerprint density at radius 3 is 3.21 bits per heavy atom. The number of nitrogens with zero attached hydrogens (tertiary/aromatic N) is 1. The van der Waals surface area contributed by atoms with Crippen molar-refractivity contribution < 1.29 is 0 Å². The second-order valence-corrected chi connectivity index (χ2v) is 3.91. The topological polar surface area (TPSA) is 37.0 Å². The van der Waals surface area contributed by atoms with Crippen LogP contribution in [-0.2, 0) is 0 Å². The fourth-order valence-electron chi connectivity index (χ4n) is 1.80. The standard InChI is InChI=1S/C11H17N3/c1-9-4-6-13-11(7-9)14-10-3-2-5-12-8-10/h4,6-7,10,12H,2-3,5,8H2,1H3,(H,13,14). The summed E-state index contributed by atoms with van der Waals surface area (Å²) in [6, 6.07) is 4.65. The summed E-state index contributed by atoms with van der Waals surface area (Å²) in [5.74, 6) is 0.999. The van der Waals surface area contributed by atoms with Crippen LogP contribution >= 0.6 is 0 Å². The van der Waals surface area contributed by atoms with Gasteiger partial charge in [-0.3, -0.25) is 0 Å². The van der Waals surface area contributed by atoms with E-state index in [4.69, 9.17) is 0 Å². The molecule has 1 aliphatic rings. The maximum Gasteiger partial charge on any atom is 0.126 e. The van der Waals surface area contributed by atoms with Crippen LogP contribution in [0.25, 0.3) is 0 Å². The minimum atomic E-state index is 0.540. The molecule has 2 N–H and O–H groups in total. The Labute approximate surface area is 84.9 Å². The van der Waals surface area contributed by atoms with E-state index in [2.05, 4.69) is 28.6 Å². The van der Waals surface area contributed by atoms with Gasteiger partial charge in [0.25, 0.3) is 0 Å². The highest BCUT2D eigenvalue weighted by molar-refractivity contribution is 5.38. The lowest BCUT2D eigenvalue weighted by atomic mass is 10.1. The molecule has 0 spiro atoms. The fourth-order valence-corrected chi connectivity index (χ4v) is 1.80. The van der Waals surface area contributed by atoms with Crippen molar-refractivity contribution in [3.63, 3.8) is 0 Å². The molecule has 2 heterocycles. The molecular formula is C11H17N3. The lowest BCUT2D eigenvalue weighted by Crippen LogP contribution is -2.38. The third-order valence-corrected chi connectivity index (χ3v) is 2.56. The van der Waals surface area contributed by atoms with Crippen LogP contribution in [-0.4, -0.2) is 24.1 Å². The van der Waals surface area contributed by atoms with E-state index in [1.807, 2.05) is 12.3 Å². The summed E-state index contributed by atoms with van der Waals surface area (Å²) >= 11 is 0. The number of nitrogens with one attached hydrogen (secondary N) is 2. The molecular weight excluding hydrogens is 174 g/mol. The Bertz CT molecular complexity index is 292. The zero-order valence-electron chi connectivity index (χ0n) is 8.59. The number of aryl methyl sites for hydroxylation is 1.